The monoisotopic (exact) mass is 268 g/mol. The van der Waals surface area contributed by atoms with Crippen molar-refractivity contribution >= 4 is 6.03 Å². The van der Waals surface area contributed by atoms with Crippen LogP contribution in [0.1, 0.15) is 52.9 Å². The van der Waals surface area contributed by atoms with E-state index in [2.05, 4.69) is 31.4 Å². The summed E-state index contributed by atoms with van der Waals surface area (Å²) in [5, 5.41) is 15.6. The third-order valence-electron chi connectivity index (χ3n) is 5.47. The van der Waals surface area contributed by atoms with Crippen molar-refractivity contribution in [2.45, 2.75) is 58.9 Å². The van der Waals surface area contributed by atoms with Gasteiger partial charge in [0.2, 0.25) is 0 Å². The number of urea groups is 1. The van der Waals surface area contributed by atoms with Gasteiger partial charge in [-0.2, -0.15) is 0 Å². The van der Waals surface area contributed by atoms with Crippen molar-refractivity contribution in [3.05, 3.63) is 0 Å². The van der Waals surface area contributed by atoms with Gasteiger partial charge in [0.1, 0.15) is 0 Å². The predicted molar refractivity (Wildman–Crippen MR) is 75.9 cm³/mol. The maximum absolute atomic E-state index is 12.0. The highest BCUT2D eigenvalue weighted by molar-refractivity contribution is 5.74. The highest BCUT2D eigenvalue weighted by atomic mass is 16.3. The fourth-order valence-corrected chi connectivity index (χ4v) is 3.25. The zero-order chi connectivity index (χ0) is 14.1. The summed E-state index contributed by atoms with van der Waals surface area (Å²) in [6.07, 6.45) is 5.49. The maximum Gasteiger partial charge on any atom is 0.315 e. The number of hydrogen-bond donors (Lipinski definition) is 3. The molecule has 2 rings (SSSR count). The standard InChI is InChI=1S/C15H28N2O2/c1-11(2)15(7-8-15)9-16-13(19)17-12-5-4-6-14(12,3)10-18/h11-12,18H,4-10H2,1-3H3,(H2,16,17,19). The maximum atomic E-state index is 12.0. The molecule has 2 aliphatic rings. The lowest BCUT2D eigenvalue weighted by Crippen LogP contribution is -2.49. The second-order valence-electron chi connectivity index (χ2n) is 7.10. The van der Waals surface area contributed by atoms with Crippen molar-refractivity contribution < 1.29 is 9.90 Å². The van der Waals surface area contributed by atoms with Gasteiger partial charge in [0.05, 0.1) is 6.61 Å². The van der Waals surface area contributed by atoms with E-state index in [1.54, 1.807) is 0 Å². The topological polar surface area (TPSA) is 61.4 Å². The molecule has 0 spiro atoms. The van der Waals surface area contributed by atoms with Gasteiger partial charge in [-0.15, -0.1) is 0 Å². The first kappa shape index (κ1) is 14.6. The molecule has 0 aromatic heterocycles. The minimum absolute atomic E-state index is 0.0708. The summed E-state index contributed by atoms with van der Waals surface area (Å²) in [5.74, 6) is 0.627. The number of hydrogen-bond acceptors (Lipinski definition) is 2. The van der Waals surface area contributed by atoms with Crippen LogP contribution in [0.25, 0.3) is 0 Å². The van der Waals surface area contributed by atoms with Crippen LogP contribution >= 0.6 is 0 Å². The summed E-state index contributed by atoms with van der Waals surface area (Å²) in [5.41, 5.74) is 0.194. The molecule has 0 aromatic rings. The first-order chi connectivity index (χ1) is 8.92. The van der Waals surface area contributed by atoms with Gasteiger partial charge < -0.3 is 15.7 Å². The Morgan fingerprint density at radius 3 is 2.58 bits per heavy atom. The number of nitrogens with one attached hydrogen (secondary N) is 2. The lowest BCUT2D eigenvalue weighted by atomic mass is 9.86. The van der Waals surface area contributed by atoms with Gasteiger partial charge in [-0.3, -0.25) is 0 Å². The Balaban J connectivity index is 1.79. The quantitative estimate of drug-likeness (QED) is 0.716. The molecule has 0 heterocycles. The summed E-state index contributed by atoms with van der Waals surface area (Å²) in [7, 11) is 0. The molecule has 4 heteroatoms. The highest BCUT2D eigenvalue weighted by Crippen LogP contribution is 2.51. The smallest absolute Gasteiger partial charge is 0.315 e. The van der Waals surface area contributed by atoms with Crippen molar-refractivity contribution in [2.75, 3.05) is 13.2 Å². The van der Waals surface area contributed by atoms with Crippen LogP contribution in [0.15, 0.2) is 0 Å². The number of aliphatic hydroxyl groups excluding tert-OH is 1. The van der Waals surface area contributed by atoms with E-state index in [4.69, 9.17) is 0 Å². The third kappa shape index (κ3) is 3.04. The average molecular weight is 268 g/mol. The van der Waals surface area contributed by atoms with Crippen LogP contribution in [0.5, 0.6) is 0 Å². The zero-order valence-electron chi connectivity index (χ0n) is 12.5. The Labute approximate surface area is 116 Å². The normalized spacial score (nSPS) is 32.4. The van der Waals surface area contributed by atoms with Crippen LogP contribution < -0.4 is 10.6 Å². The Morgan fingerprint density at radius 1 is 1.37 bits per heavy atom. The fourth-order valence-electron chi connectivity index (χ4n) is 3.25. The molecule has 0 aromatic carbocycles. The average Bonchev–Trinajstić information content (AvgIpc) is 3.09. The first-order valence-electron chi connectivity index (χ1n) is 7.57. The molecule has 110 valence electrons. The highest BCUT2D eigenvalue weighted by Gasteiger charge is 2.45. The van der Waals surface area contributed by atoms with Gasteiger partial charge in [0.15, 0.2) is 0 Å². The van der Waals surface area contributed by atoms with Crippen molar-refractivity contribution in [1.82, 2.24) is 10.6 Å². The Morgan fingerprint density at radius 2 is 2.05 bits per heavy atom. The summed E-state index contributed by atoms with van der Waals surface area (Å²) >= 11 is 0. The van der Waals surface area contributed by atoms with Gasteiger partial charge in [-0.1, -0.05) is 27.2 Å². The largest absolute Gasteiger partial charge is 0.396 e. The summed E-state index contributed by atoms with van der Waals surface area (Å²) in [4.78, 5) is 12.0. The third-order valence-corrected chi connectivity index (χ3v) is 5.47. The molecule has 2 aliphatic carbocycles. The van der Waals surface area contributed by atoms with Crippen LogP contribution in [-0.2, 0) is 0 Å². The van der Waals surface area contributed by atoms with E-state index >= 15 is 0 Å². The molecule has 0 bridgehead atoms. The minimum atomic E-state index is -0.146. The molecule has 2 saturated carbocycles. The van der Waals surface area contributed by atoms with Crippen molar-refractivity contribution in [1.29, 1.82) is 0 Å². The molecule has 3 N–H and O–H groups in total. The molecule has 19 heavy (non-hydrogen) atoms. The minimum Gasteiger partial charge on any atom is -0.396 e. The molecule has 0 saturated heterocycles. The molecule has 2 fully saturated rings. The molecule has 2 amide bonds. The molecular weight excluding hydrogens is 240 g/mol. The Hall–Kier alpha value is -0.770. The van der Waals surface area contributed by atoms with E-state index in [0.717, 1.165) is 25.8 Å². The number of rotatable bonds is 5. The zero-order valence-corrected chi connectivity index (χ0v) is 12.5. The molecule has 2 atom stereocenters. The van der Waals surface area contributed by atoms with Crippen LogP contribution in [0.4, 0.5) is 4.79 Å². The van der Waals surface area contributed by atoms with Crippen LogP contribution in [-0.4, -0.2) is 30.3 Å². The van der Waals surface area contributed by atoms with Gasteiger partial charge in [0, 0.05) is 18.0 Å². The number of carbonyl (C=O) groups is 1. The second kappa shape index (κ2) is 5.31. The first-order valence-corrected chi connectivity index (χ1v) is 7.57. The lowest BCUT2D eigenvalue weighted by Gasteiger charge is -2.30. The molecular formula is C15H28N2O2. The van der Waals surface area contributed by atoms with E-state index in [1.165, 1.54) is 12.8 Å². The Bertz CT molecular complexity index is 339. The lowest BCUT2D eigenvalue weighted by molar-refractivity contribution is 0.120. The van der Waals surface area contributed by atoms with E-state index in [0.29, 0.717) is 11.3 Å². The van der Waals surface area contributed by atoms with E-state index in [-0.39, 0.29) is 24.1 Å². The summed E-state index contributed by atoms with van der Waals surface area (Å²) in [6, 6.07) is 0.0326. The number of amides is 2. The molecule has 4 nitrogen and oxygen atoms in total. The number of aliphatic hydroxyl groups is 1. The Kier molecular flexibility index (Phi) is 4.09. The second-order valence-corrected chi connectivity index (χ2v) is 7.10. The van der Waals surface area contributed by atoms with Gasteiger partial charge in [-0.25, -0.2) is 4.79 Å². The van der Waals surface area contributed by atoms with Crippen LogP contribution in [0.3, 0.4) is 0 Å². The SMILES string of the molecule is CC(C)C1(CNC(=O)NC2CCCC2(C)CO)CC1. The molecule has 0 radical (unpaired) electrons. The summed E-state index contributed by atoms with van der Waals surface area (Å²) < 4.78 is 0. The fraction of sp³-hybridized carbons (Fsp3) is 0.933. The van der Waals surface area contributed by atoms with E-state index < -0.39 is 0 Å². The summed E-state index contributed by atoms with van der Waals surface area (Å²) in [6.45, 7) is 7.44. The van der Waals surface area contributed by atoms with Crippen molar-refractivity contribution in [2.24, 2.45) is 16.7 Å². The van der Waals surface area contributed by atoms with E-state index in [9.17, 15) is 9.90 Å². The van der Waals surface area contributed by atoms with Gasteiger partial charge in [0.25, 0.3) is 0 Å². The van der Waals surface area contributed by atoms with E-state index in [1.807, 2.05) is 0 Å². The van der Waals surface area contributed by atoms with Gasteiger partial charge >= 0.3 is 6.03 Å². The molecule has 2 unspecified atom stereocenters. The van der Waals surface area contributed by atoms with Crippen LogP contribution in [0, 0.1) is 16.7 Å². The van der Waals surface area contributed by atoms with Crippen molar-refractivity contribution in [3.63, 3.8) is 0 Å². The van der Waals surface area contributed by atoms with Crippen molar-refractivity contribution in [3.8, 4) is 0 Å². The predicted octanol–water partition coefficient (Wildman–Crippen LogP) is 2.27. The van der Waals surface area contributed by atoms with Gasteiger partial charge in [-0.05, 0) is 37.0 Å². The molecule has 0 aliphatic heterocycles. The van der Waals surface area contributed by atoms with Crippen LogP contribution in [0.2, 0.25) is 0 Å². The number of carbonyl (C=O) groups excluding carboxylic acids is 1.